The number of rotatable bonds is 6. The average molecular weight is 380 g/mol. The molecule has 28 heavy (non-hydrogen) atoms. The maximum Gasteiger partial charge on any atom is 0.122 e. The van der Waals surface area contributed by atoms with Gasteiger partial charge in [0.25, 0.3) is 0 Å². The third-order valence-electron chi connectivity index (χ3n) is 6.03. The van der Waals surface area contributed by atoms with Gasteiger partial charge in [-0.05, 0) is 43.7 Å². The number of likely N-dealkylation sites (N-methyl/N-ethyl adjacent to an activating group) is 1. The maximum atomic E-state index is 10.9. The second kappa shape index (κ2) is 7.86. The van der Waals surface area contributed by atoms with Crippen LogP contribution in [0.4, 0.5) is 0 Å². The zero-order chi connectivity index (χ0) is 19.7. The summed E-state index contributed by atoms with van der Waals surface area (Å²) in [7, 11) is 5.47. The molecule has 0 spiro atoms. The highest BCUT2D eigenvalue weighted by Crippen LogP contribution is 2.37. The molecule has 1 aromatic heterocycles. The number of methoxy groups -OCH3 is 2. The van der Waals surface area contributed by atoms with Crippen molar-refractivity contribution in [1.29, 1.82) is 0 Å². The minimum absolute atomic E-state index is 0.0544. The second-order valence-electron chi connectivity index (χ2n) is 7.56. The van der Waals surface area contributed by atoms with Gasteiger partial charge < -0.3 is 24.5 Å². The Morgan fingerprint density at radius 1 is 1.04 bits per heavy atom. The number of aromatic amines is 1. The molecule has 4 rings (SSSR count). The number of hydrogen-bond acceptors (Lipinski definition) is 4. The summed E-state index contributed by atoms with van der Waals surface area (Å²) in [5.41, 5.74) is 4.70. The Hall–Kier alpha value is -2.50. The highest BCUT2D eigenvalue weighted by atomic mass is 16.5. The van der Waals surface area contributed by atoms with E-state index in [-0.39, 0.29) is 6.04 Å². The summed E-state index contributed by atoms with van der Waals surface area (Å²) in [6, 6.07) is 12.3. The molecular weight excluding hydrogens is 352 g/mol. The monoisotopic (exact) mass is 380 g/mol. The number of aromatic nitrogens is 1. The van der Waals surface area contributed by atoms with Gasteiger partial charge >= 0.3 is 0 Å². The molecule has 3 aromatic rings. The average Bonchev–Trinajstić information content (AvgIpc) is 3.13. The van der Waals surface area contributed by atoms with Crippen LogP contribution in [0.1, 0.15) is 16.7 Å². The third kappa shape index (κ3) is 3.36. The van der Waals surface area contributed by atoms with E-state index in [4.69, 9.17) is 9.47 Å². The van der Waals surface area contributed by atoms with Gasteiger partial charge in [0.2, 0.25) is 0 Å². The van der Waals surface area contributed by atoms with Gasteiger partial charge in [0, 0.05) is 47.2 Å². The normalized spacial score (nSPS) is 19.0. The van der Waals surface area contributed by atoms with Crippen molar-refractivity contribution in [1.82, 2.24) is 9.88 Å². The van der Waals surface area contributed by atoms with Crippen LogP contribution in [0, 0.1) is 0 Å². The first kappa shape index (κ1) is 18.8. The Morgan fingerprint density at radius 3 is 2.43 bits per heavy atom. The summed E-state index contributed by atoms with van der Waals surface area (Å²) in [5, 5.41) is 12.1. The van der Waals surface area contributed by atoms with Gasteiger partial charge in [-0.1, -0.05) is 18.2 Å². The molecule has 0 saturated carbocycles. The molecule has 148 valence electrons. The Labute approximate surface area is 165 Å². The lowest BCUT2D eigenvalue weighted by atomic mass is 9.84. The molecule has 0 saturated heterocycles. The van der Waals surface area contributed by atoms with Gasteiger partial charge in [0.15, 0.2) is 0 Å². The summed E-state index contributed by atoms with van der Waals surface area (Å²) in [6.45, 7) is 0.880. The summed E-state index contributed by atoms with van der Waals surface area (Å²) < 4.78 is 11.1. The van der Waals surface area contributed by atoms with E-state index in [1.54, 1.807) is 14.2 Å². The van der Waals surface area contributed by atoms with Gasteiger partial charge in [-0.2, -0.15) is 0 Å². The minimum Gasteiger partial charge on any atom is -0.496 e. The molecule has 1 aliphatic rings. The zero-order valence-corrected chi connectivity index (χ0v) is 16.7. The van der Waals surface area contributed by atoms with Crippen molar-refractivity contribution in [2.75, 3.05) is 27.8 Å². The second-order valence-corrected chi connectivity index (χ2v) is 7.56. The molecule has 0 amide bonds. The van der Waals surface area contributed by atoms with E-state index in [0.29, 0.717) is 6.42 Å². The Bertz CT molecular complexity index is 966. The molecule has 0 aliphatic heterocycles. The number of fused-ring (bicyclic) bond motifs is 2. The van der Waals surface area contributed by atoms with Gasteiger partial charge in [-0.25, -0.2) is 0 Å². The van der Waals surface area contributed by atoms with Crippen molar-refractivity contribution < 1.29 is 14.6 Å². The Balaban J connectivity index is 1.51. The number of hydrogen-bond donors (Lipinski definition) is 2. The van der Waals surface area contributed by atoms with E-state index in [2.05, 4.69) is 41.3 Å². The van der Waals surface area contributed by atoms with E-state index in [1.165, 1.54) is 16.5 Å². The van der Waals surface area contributed by atoms with Crippen LogP contribution in [-0.2, 0) is 19.3 Å². The summed E-state index contributed by atoms with van der Waals surface area (Å²) in [4.78, 5) is 5.61. The van der Waals surface area contributed by atoms with Crippen LogP contribution < -0.4 is 9.47 Å². The molecule has 2 atom stereocenters. The first-order chi connectivity index (χ1) is 13.6. The molecule has 0 bridgehead atoms. The summed E-state index contributed by atoms with van der Waals surface area (Å²) >= 11 is 0. The van der Waals surface area contributed by atoms with Crippen molar-refractivity contribution in [3.05, 3.63) is 59.3 Å². The molecule has 0 radical (unpaired) electrons. The van der Waals surface area contributed by atoms with Gasteiger partial charge in [0.1, 0.15) is 11.5 Å². The molecule has 0 fully saturated rings. The number of nitrogens with one attached hydrogen (secondary N) is 1. The van der Waals surface area contributed by atoms with Crippen LogP contribution in [0.5, 0.6) is 11.5 Å². The van der Waals surface area contributed by atoms with Crippen LogP contribution in [0.3, 0.4) is 0 Å². The van der Waals surface area contributed by atoms with Crippen molar-refractivity contribution in [3.63, 3.8) is 0 Å². The smallest absolute Gasteiger partial charge is 0.122 e. The first-order valence-corrected chi connectivity index (χ1v) is 9.78. The number of aliphatic hydroxyl groups excluding tert-OH is 1. The van der Waals surface area contributed by atoms with Crippen LogP contribution in [0.15, 0.2) is 42.6 Å². The quantitative estimate of drug-likeness (QED) is 0.690. The fraction of sp³-hybridized carbons (Fsp3) is 0.391. The predicted octanol–water partition coefficient (Wildman–Crippen LogP) is 3.19. The molecule has 0 unspecified atom stereocenters. The maximum absolute atomic E-state index is 10.9. The largest absolute Gasteiger partial charge is 0.496 e. The highest BCUT2D eigenvalue weighted by Gasteiger charge is 2.33. The van der Waals surface area contributed by atoms with E-state index >= 15 is 0 Å². The van der Waals surface area contributed by atoms with E-state index in [1.807, 2.05) is 18.2 Å². The van der Waals surface area contributed by atoms with Crippen LogP contribution >= 0.6 is 0 Å². The van der Waals surface area contributed by atoms with Crippen LogP contribution in [-0.4, -0.2) is 54.9 Å². The Kier molecular flexibility index (Phi) is 5.29. The van der Waals surface area contributed by atoms with Gasteiger partial charge in [-0.15, -0.1) is 0 Å². The minimum atomic E-state index is -0.429. The van der Waals surface area contributed by atoms with E-state index < -0.39 is 6.10 Å². The number of para-hydroxylation sites is 1. The van der Waals surface area contributed by atoms with Gasteiger partial charge in [-0.3, -0.25) is 0 Å². The number of ether oxygens (including phenoxy) is 2. The lowest BCUT2D eigenvalue weighted by Gasteiger charge is -2.37. The topological polar surface area (TPSA) is 57.7 Å². The van der Waals surface area contributed by atoms with Crippen molar-refractivity contribution in [2.45, 2.75) is 31.4 Å². The molecule has 2 aromatic carbocycles. The number of benzene rings is 2. The van der Waals surface area contributed by atoms with Crippen molar-refractivity contribution >= 4 is 10.9 Å². The molecule has 2 N–H and O–H groups in total. The standard InChI is InChI=1S/C23H28N2O3/c1-25(11-10-15-14-24-19-7-5-4-6-16(15)19)20-12-17-18(13-21(20)26)23(28-3)9-8-22(17)27-2/h4-9,14,20-21,24,26H,10-13H2,1-3H3/t20-,21-/m0/s1. The summed E-state index contributed by atoms with van der Waals surface area (Å²) in [5.74, 6) is 1.70. The highest BCUT2D eigenvalue weighted by molar-refractivity contribution is 5.83. The predicted molar refractivity (Wildman–Crippen MR) is 111 cm³/mol. The number of nitrogens with zero attached hydrogens (tertiary/aromatic N) is 1. The van der Waals surface area contributed by atoms with Gasteiger partial charge in [0.05, 0.1) is 20.3 Å². The van der Waals surface area contributed by atoms with E-state index in [0.717, 1.165) is 42.0 Å². The molecule has 5 nitrogen and oxygen atoms in total. The van der Waals surface area contributed by atoms with E-state index in [9.17, 15) is 5.11 Å². The number of aliphatic hydroxyl groups is 1. The lowest BCUT2D eigenvalue weighted by molar-refractivity contribution is 0.0559. The summed E-state index contributed by atoms with van der Waals surface area (Å²) in [6.07, 6.45) is 3.94. The Morgan fingerprint density at radius 2 is 1.71 bits per heavy atom. The SMILES string of the molecule is COc1ccc(OC)c2c1C[C@H](O)[C@@H](N(C)CCc1c[nH]c3ccccc13)C2. The fourth-order valence-corrected chi connectivity index (χ4v) is 4.42. The van der Waals surface area contributed by atoms with Crippen molar-refractivity contribution in [3.8, 4) is 11.5 Å². The third-order valence-corrected chi connectivity index (χ3v) is 6.03. The molecule has 1 heterocycles. The molecule has 5 heteroatoms. The van der Waals surface area contributed by atoms with Crippen LogP contribution in [0.25, 0.3) is 10.9 Å². The number of H-pyrrole nitrogens is 1. The lowest BCUT2D eigenvalue weighted by Crippen LogP contribution is -2.47. The van der Waals surface area contributed by atoms with Crippen molar-refractivity contribution in [2.24, 2.45) is 0 Å². The first-order valence-electron chi connectivity index (χ1n) is 9.78. The zero-order valence-electron chi connectivity index (χ0n) is 16.7. The molecular formula is C23H28N2O3. The molecule has 1 aliphatic carbocycles. The van der Waals surface area contributed by atoms with Crippen LogP contribution in [0.2, 0.25) is 0 Å². The fourth-order valence-electron chi connectivity index (χ4n) is 4.42.